The van der Waals surface area contributed by atoms with Crippen LogP contribution in [0.5, 0.6) is 0 Å². The van der Waals surface area contributed by atoms with Crippen LogP contribution in [0.2, 0.25) is 0 Å². The first-order valence-corrected chi connectivity index (χ1v) is 7.19. The smallest absolute Gasteiger partial charge is 0.293 e. The van der Waals surface area contributed by atoms with Crippen LogP contribution in [0.1, 0.15) is 12.8 Å². The van der Waals surface area contributed by atoms with Crippen molar-refractivity contribution in [3.8, 4) is 0 Å². The highest BCUT2D eigenvalue weighted by Gasteiger charge is 2.25. The summed E-state index contributed by atoms with van der Waals surface area (Å²) in [5.74, 6) is 0.0474. The van der Waals surface area contributed by atoms with Gasteiger partial charge in [-0.3, -0.25) is 10.1 Å². The van der Waals surface area contributed by atoms with Crippen LogP contribution < -0.4 is 10.6 Å². The molecule has 0 aromatic heterocycles. The lowest BCUT2D eigenvalue weighted by atomic mass is 9.96. The van der Waals surface area contributed by atoms with Crippen LogP contribution >= 0.6 is 22.6 Å². The van der Waals surface area contributed by atoms with Gasteiger partial charge < -0.3 is 10.6 Å². The number of nitro benzene ring substituents is 1. The van der Waals surface area contributed by atoms with Crippen LogP contribution in [0.3, 0.4) is 0 Å². The van der Waals surface area contributed by atoms with Crippen molar-refractivity contribution < 1.29 is 9.31 Å². The van der Waals surface area contributed by atoms with E-state index in [0.717, 1.165) is 12.8 Å². The molecule has 0 spiro atoms. The van der Waals surface area contributed by atoms with Gasteiger partial charge in [0, 0.05) is 25.2 Å². The Morgan fingerprint density at radius 3 is 2.63 bits per heavy atom. The molecule has 1 aliphatic rings. The molecule has 1 saturated heterocycles. The molecule has 0 aliphatic carbocycles. The highest BCUT2D eigenvalue weighted by Crippen LogP contribution is 2.34. The number of nitro groups is 1. The average Bonchev–Trinajstić information content (AvgIpc) is 2.41. The van der Waals surface area contributed by atoms with Crippen molar-refractivity contribution in [2.75, 3.05) is 24.5 Å². The van der Waals surface area contributed by atoms with Gasteiger partial charge in [-0.05, 0) is 47.9 Å². The second-order valence-electron chi connectivity index (χ2n) is 4.68. The van der Waals surface area contributed by atoms with Crippen LogP contribution in [0, 0.1) is 25.4 Å². The number of nitrogens with zero attached hydrogens (tertiary/aromatic N) is 2. The van der Waals surface area contributed by atoms with Crippen LogP contribution in [0.15, 0.2) is 12.1 Å². The van der Waals surface area contributed by atoms with E-state index in [1.165, 1.54) is 12.1 Å². The number of benzene rings is 1. The normalized spacial score (nSPS) is 16.7. The number of anilines is 1. The zero-order valence-electron chi connectivity index (χ0n) is 10.3. The summed E-state index contributed by atoms with van der Waals surface area (Å²) in [5.41, 5.74) is 5.96. The summed E-state index contributed by atoms with van der Waals surface area (Å²) in [5, 5.41) is 11.1. The van der Waals surface area contributed by atoms with E-state index in [-0.39, 0.29) is 9.26 Å². The zero-order valence-corrected chi connectivity index (χ0v) is 12.5. The Hall–Kier alpha value is -0.960. The lowest BCUT2D eigenvalue weighted by molar-refractivity contribution is -0.384. The molecule has 0 amide bonds. The topological polar surface area (TPSA) is 72.4 Å². The molecule has 19 heavy (non-hydrogen) atoms. The quantitative estimate of drug-likeness (QED) is 0.498. The van der Waals surface area contributed by atoms with Crippen molar-refractivity contribution in [2.45, 2.75) is 12.8 Å². The summed E-state index contributed by atoms with van der Waals surface area (Å²) in [4.78, 5) is 12.5. The summed E-state index contributed by atoms with van der Waals surface area (Å²) in [6.07, 6.45) is 1.78. The predicted molar refractivity (Wildman–Crippen MR) is 79.8 cm³/mol. The molecule has 1 fully saturated rings. The second-order valence-corrected chi connectivity index (χ2v) is 5.84. The molecular weight excluding hydrogens is 364 g/mol. The first kappa shape index (κ1) is 14.4. The maximum absolute atomic E-state index is 13.6. The van der Waals surface area contributed by atoms with Crippen molar-refractivity contribution in [1.29, 1.82) is 0 Å². The molecule has 7 heteroatoms. The summed E-state index contributed by atoms with van der Waals surface area (Å²) in [7, 11) is 0. The molecular formula is C12H15FIN3O2. The number of hydrogen-bond donors (Lipinski definition) is 1. The number of rotatable bonds is 3. The van der Waals surface area contributed by atoms with Crippen LogP contribution in [0.25, 0.3) is 0 Å². The molecule has 104 valence electrons. The molecule has 0 bridgehead atoms. The number of hydrogen-bond acceptors (Lipinski definition) is 4. The molecule has 2 rings (SSSR count). The minimum Gasteiger partial charge on any atom is -0.366 e. The molecule has 0 atom stereocenters. The largest absolute Gasteiger partial charge is 0.366 e. The van der Waals surface area contributed by atoms with Gasteiger partial charge in [-0.2, -0.15) is 0 Å². The standard InChI is InChI=1S/C12H15FIN3O2/c13-9-5-11(12(17(18)19)6-10(9)14)16-3-1-8(7-15)2-4-16/h5-6,8H,1-4,7,15H2. The van der Waals surface area contributed by atoms with E-state index in [1.807, 2.05) is 4.90 Å². The first-order valence-electron chi connectivity index (χ1n) is 6.11. The van der Waals surface area contributed by atoms with Crippen molar-refractivity contribution in [3.63, 3.8) is 0 Å². The van der Waals surface area contributed by atoms with Gasteiger partial charge in [-0.15, -0.1) is 0 Å². The maximum Gasteiger partial charge on any atom is 0.293 e. The number of nitrogens with two attached hydrogens (primary N) is 1. The van der Waals surface area contributed by atoms with E-state index in [4.69, 9.17) is 5.73 Å². The van der Waals surface area contributed by atoms with E-state index in [1.54, 1.807) is 22.6 Å². The molecule has 0 unspecified atom stereocenters. The third kappa shape index (κ3) is 3.14. The fourth-order valence-electron chi connectivity index (χ4n) is 2.33. The minimum atomic E-state index is -0.452. The Kier molecular flexibility index (Phi) is 4.56. The highest BCUT2D eigenvalue weighted by molar-refractivity contribution is 14.1. The summed E-state index contributed by atoms with van der Waals surface area (Å²) in [6.45, 7) is 2.00. The fourth-order valence-corrected chi connectivity index (χ4v) is 2.79. The lowest BCUT2D eigenvalue weighted by Crippen LogP contribution is -2.36. The molecule has 5 nitrogen and oxygen atoms in total. The van der Waals surface area contributed by atoms with Crippen molar-refractivity contribution in [2.24, 2.45) is 11.7 Å². The van der Waals surface area contributed by atoms with Crippen molar-refractivity contribution in [1.82, 2.24) is 0 Å². The van der Waals surface area contributed by atoms with Crippen molar-refractivity contribution in [3.05, 3.63) is 31.6 Å². The van der Waals surface area contributed by atoms with Gasteiger partial charge in [0.25, 0.3) is 5.69 Å². The van der Waals surface area contributed by atoms with Gasteiger partial charge in [0.15, 0.2) is 0 Å². The van der Waals surface area contributed by atoms with Gasteiger partial charge in [0.2, 0.25) is 0 Å². The van der Waals surface area contributed by atoms with Gasteiger partial charge >= 0.3 is 0 Å². The van der Waals surface area contributed by atoms with Gasteiger partial charge in [-0.1, -0.05) is 0 Å². The molecule has 2 N–H and O–H groups in total. The highest BCUT2D eigenvalue weighted by atomic mass is 127. The van der Waals surface area contributed by atoms with E-state index in [0.29, 0.717) is 31.2 Å². The van der Waals surface area contributed by atoms with Crippen LogP contribution in [-0.4, -0.2) is 24.6 Å². The Balaban J connectivity index is 2.29. The Morgan fingerprint density at radius 1 is 1.47 bits per heavy atom. The zero-order chi connectivity index (χ0) is 14.0. The Bertz CT molecular complexity index is 490. The predicted octanol–water partition coefficient (Wildman–Crippen LogP) is 2.51. The van der Waals surface area contributed by atoms with E-state index >= 15 is 0 Å². The summed E-state index contributed by atoms with van der Waals surface area (Å²) in [6, 6.07) is 2.56. The van der Waals surface area contributed by atoms with Crippen LogP contribution in [-0.2, 0) is 0 Å². The number of piperidine rings is 1. The average molecular weight is 379 g/mol. The molecule has 0 radical (unpaired) electrons. The van der Waals surface area contributed by atoms with E-state index in [2.05, 4.69) is 0 Å². The van der Waals surface area contributed by atoms with E-state index < -0.39 is 10.7 Å². The Labute approximate surface area is 124 Å². The van der Waals surface area contributed by atoms with Crippen molar-refractivity contribution >= 4 is 34.0 Å². The second kappa shape index (κ2) is 6.00. The van der Waals surface area contributed by atoms with Gasteiger partial charge in [0.05, 0.1) is 8.49 Å². The maximum atomic E-state index is 13.6. The van der Waals surface area contributed by atoms with Gasteiger partial charge in [-0.25, -0.2) is 4.39 Å². The minimum absolute atomic E-state index is 0.0306. The summed E-state index contributed by atoms with van der Waals surface area (Å²) >= 11 is 1.77. The molecule has 1 heterocycles. The SMILES string of the molecule is NCC1CCN(c2cc(F)c(I)cc2[N+](=O)[O-])CC1. The number of halogens is 2. The lowest BCUT2D eigenvalue weighted by Gasteiger charge is -2.32. The van der Waals surface area contributed by atoms with Gasteiger partial charge in [0.1, 0.15) is 11.5 Å². The Morgan fingerprint density at radius 2 is 2.11 bits per heavy atom. The molecule has 1 aliphatic heterocycles. The van der Waals surface area contributed by atoms with E-state index in [9.17, 15) is 14.5 Å². The third-order valence-electron chi connectivity index (χ3n) is 3.50. The summed E-state index contributed by atoms with van der Waals surface area (Å²) < 4.78 is 13.9. The third-order valence-corrected chi connectivity index (χ3v) is 4.33. The fraction of sp³-hybridized carbons (Fsp3) is 0.500. The van der Waals surface area contributed by atoms with Crippen LogP contribution in [0.4, 0.5) is 15.8 Å². The molecule has 1 aromatic rings. The monoisotopic (exact) mass is 379 g/mol. The first-order chi connectivity index (χ1) is 9.02. The molecule has 0 saturated carbocycles. The molecule has 1 aromatic carbocycles.